The number of benzene rings is 4. The largest absolute Gasteiger partial charge is 0.497 e. The zero-order valence-electron chi connectivity index (χ0n) is 27.0. The molecule has 48 heavy (non-hydrogen) atoms. The second kappa shape index (κ2) is 14.5. The van der Waals surface area contributed by atoms with Gasteiger partial charge in [-0.2, -0.15) is 0 Å². The van der Waals surface area contributed by atoms with Crippen molar-refractivity contribution >= 4 is 22.9 Å². The average Bonchev–Trinajstić information content (AvgIpc) is 3.56. The second-order valence-electron chi connectivity index (χ2n) is 11.5. The Morgan fingerprint density at radius 2 is 1.35 bits per heavy atom. The van der Waals surface area contributed by atoms with Crippen molar-refractivity contribution in [2.75, 3.05) is 26.1 Å². The number of carbonyl (C=O) groups is 1. The summed E-state index contributed by atoms with van der Waals surface area (Å²) in [5.74, 6) is 1.21. The van der Waals surface area contributed by atoms with Crippen LogP contribution in [0, 0.1) is 5.92 Å². The number of aliphatic hydroxyl groups excluding tert-OH is 1. The molecule has 0 saturated heterocycles. The minimum atomic E-state index is -1.05. The number of methoxy groups -OCH3 is 2. The van der Waals surface area contributed by atoms with Gasteiger partial charge in [0, 0.05) is 18.0 Å². The highest BCUT2D eigenvalue weighted by molar-refractivity contribution is 6.06. The van der Waals surface area contributed by atoms with E-state index >= 15 is 0 Å². The summed E-state index contributed by atoms with van der Waals surface area (Å²) in [6.07, 6.45) is 2.18. The van der Waals surface area contributed by atoms with E-state index in [0.717, 1.165) is 28.2 Å². The fourth-order valence-electron chi connectivity index (χ4n) is 5.76. The third-order valence-corrected chi connectivity index (χ3v) is 8.45. The van der Waals surface area contributed by atoms with Gasteiger partial charge in [0.25, 0.3) is 5.91 Å². The van der Waals surface area contributed by atoms with Gasteiger partial charge in [-0.15, -0.1) is 0 Å². The molecule has 244 valence electrons. The normalized spacial score (nSPS) is 12.8. The Morgan fingerprint density at radius 3 is 1.94 bits per heavy atom. The van der Waals surface area contributed by atoms with Gasteiger partial charge in [-0.3, -0.25) is 4.79 Å². The minimum absolute atomic E-state index is 0.0219. The lowest BCUT2D eigenvalue weighted by atomic mass is 9.80. The maximum absolute atomic E-state index is 12.8. The SMILES string of the molecule is COc1ccc(C(OC[C@H](O)[C@@H](C)Cn2cnc3c(NC(=O)c4ccccc4)ncnc32)(c2ccccc2)c2ccc(OC)cc2)cc1. The molecule has 0 radical (unpaired) electrons. The standard InChI is InChI=1S/C38H37N5O5/c1-26(22-43-25-41-34-35(39-24-40-36(34)43)42-37(45)27-10-6-4-7-11-27)33(44)23-48-38(28-12-8-5-9-13-28,29-14-18-31(46-2)19-15-29)30-16-20-32(47-3)21-17-30/h4-21,24-26,33,44H,22-23H2,1-3H3,(H,39,40,42,45)/t26-,33-/m0/s1. The van der Waals surface area contributed by atoms with Gasteiger partial charge >= 0.3 is 0 Å². The van der Waals surface area contributed by atoms with E-state index in [4.69, 9.17) is 14.2 Å². The Balaban J connectivity index is 1.26. The van der Waals surface area contributed by atoms with Crippen molar-refractivity contribution in [2.45, 2.75) is 25.2 Å². The van der Waals surface area contributed by atoms with Crippen molar-refractivity contribution in [3.8, 4) is 11.5 Å². The third-order valence-electron chi connectivity index (χ3n) is 8.45. The average molecular weight is 644 g/mol. The van der Waals surface area contributed by atoms with Gasteiger partial charge in [0.2, 0.25) is 0 Å². The maximum Gasteiger partial charge on any atom is 0.256 e. The first kappa shape index (κ1) is 32.4. The third kappa shape index (κ3) is 6.62. The number of nitrogens with zero attached hydrogens (tertiary/aromatic N) is 4. The van der Waals surface area contributed by atoms with Gasteiger partial charge in [0.1, 0.15) is 23.4 Å². The number of imidazole rings is 1. The van der Waals surface area contributed by atoms with Crippen LogP contribution in [0.3, 0.4) is 0 Å². The number of ether oxygens (including phenoxy) is 3. The molecule has 0 unspecified atom stereocenters. The molecule has 2 atom stereocenters. The summed E-state index contributed by atoms with van der Waals surface area (Å²) in [5.41, 5.74) is 3.12. The molecule has 10 nitrogen and oxygen atoms in total. The van der Waals surface area contributed by atoms with Crippen molar-refractivity contribution in [1.82, 2.24) is 19.5 Å². The predicted molar refractivity (Wildman–Crippen MR) is 183 cm³/mol. The van der Waals surface area contributed by atoms with Gasteiger partial charge in [-0.1, -0.05) is 79.7 Å². The monoisotopic (exact) mass is 643 g/mol. The number of anilines is 1. The van der Waals surface area contributed by atoms with Crippen LogP contribution in [0.4, 0.5) is 5.82 Å². The van der Waals surface area contributed by atoms with Crippen LogP contribution in [-0.2, 0) is 16.9 Å². The molecule has 10 heteroatoms. The Morgan fingerprint density at radius 1 is 0.792 bits per heavy atom. The minimum Gasteiger partial charge on any atom is -0.497 e. The fraction of sp³-hybridized carbons (Fsp3) is 0.211. The highest BCUT2D eigenvalue weighted by Crippen LogP contribution is 2.42. The molecule has 2 N–H and O–H groups in total. The summed E-state index contributed by atoms with van der Waals surface area (Å²) < 4.78 is 19.6. The molecule has 0 saturated carbocycles. The first-order valence-electron chi connectivity index (χ1n) is 15.6. The maximum atomic E-state index is 12.8. The van der Waals surface area contributed by atoms with Crippen LogP contribution in [-0.4, -0.2) is 57.5 Å². The number of amides is 1. The van der Waals surface area contributed by atoms with Crippen LogP contribution in [0.25, 0.3) is 11.2 Å². The number of aromatic nitrogens is 4. The number of hydrogen-bond donors (Lipinski definition) is 2. The molecule has 0 spiro atoms. The number of fused-ring (bicyclic) bond motifs is 1. The molecular formula is C38H37N5O5. The Hall–Kier alpha value is -5.58. The van der Waals surface area contributed by atoms with Crippen LogP contribution in [0.1, 0.15) is 34.0 Å². The molecule has 0 aliphatic heterocycles. The van der Waals surface area contributed by atoms with E-state index in [2.05, 4.69) is 20.3 Å². The van der Waals surface area contributed by atoms with Crippen LogP contribution in [0.5, 0.6) is 11.5 Å². The van der Waals surface area contributed by atoms with Crippen LogP contribution in [0.2, 0.25) is 0 Å². The lowest BCUT2D eigenvalue weighted by molar-refractivity contribution is -0.0551. The van der Waals surface area contributed by atoms with Crippen molar-refractivity contribution in [1.29, 1.82) is 0 Å². The summed E-state index contributed by atoms with van der Waals surface area (Å²) >= 11 is 0. The molecule has 6 aromatic rings. The molecule has 2 aromatic heterocycles. The van der Waals surface area contributed by atoms with E-state index in [1.54, 1.807) is 44.8 Å². The zero-order chi connectivity index (χ0) is 33.5. The Bertz CT molecular complexity index is 1900. The van der Waals surface area contributed by atoms with E-state index < -0.39 is 11.7 Å². The highest BCUT2D eigenvalue weighted by atomic mass is 16.5. The summed E-state index contributed by atoms with van der Waals surface area (Å²) in [7, 11) is 3.27. The molecule has 6 rings (SSSR count). The van der Waals surface area contributed by atoms with Crippen molar-refractivity contribution < 1.29 is 24.1 Å². The number of rotatable bonds is 13. The molecule has 2 heterocycles. The molecule has 0 aliphatic rings. The number of carbonyl (C=O) groups excluding carboxylic acids is 1. The second-order valence-corrected chi connectivity index (χ2v) is 11.5. The topological polar surface area (TPSA) is 121 Å². The molecule has 4 aromatic carbocycles. The number of nitrogens with one attached hydrogen (secondary N) is 1. The Labute approximate surface area is 279 Å². The Kier molecular flexibility index (Phi) is 9.75. The highest BCUT2D eigenvalue weighted by Gasteiger charge is 2.39. The van der Waals surface area contributed by atoms with E-state index in [9.17, 15) is 9.90 Å². The summed E-state index contributed by atoms with van der Waals surface area (Å²) in [4.78, 5) is 26.0. The molecular weight excluding hydrogens is 606 g/mol. The van der Waals surface area contributed by atoms with E-state index in [0.29, 0.717) is 29.1 Å². The van der Waals surface area contributed by atoms with E-state index in [1.165, 1.54) is 6.33 Å². The van der Waals surface area contributed by atoms with Gasteiger partial charge < -0.3 is 29.2 Å². The van der Waals surface area contributed by atoms with Gasteiger partial charge in [0.05, 0.1) is 33.3 Å². The fourth-order valence-corrected chi connectivity index (χ4v) is 5.76. The number of aliphatic hydroxyl groups is 1. The van der Waals surface area contributed by atoms with E-state index in [1.807, 2.05) is 96.4 Å². The van der Waals surface area contributed by atoms with Crippen LogP contribution in [0.15, 0.2) is 122 Å². The van der Waals surface area contributed by atoms with Crippen LogP contribution >= 0.6 is 0 Å². The molecule has 1 amide bonds. The van der Waals surface area contributed by atoms with Crippen LogP contribution < -0.4 is 14.8 Å². The molecule has 0 fully saturated rings. The summed E-state index contributed by atoms with van der Waals surface area (Å²) in [5, 5.41) is 14.4. The van der Waals surface area contributed by atoms with Crippen molar-refractivity contribution in [3.63, 3.8) is 0 Å². The quantitative estimate of drug-likeness (QED) is 0.145. The smallest absolute Gasteiger partial charge is 0.256 e. The molecule has 0 aliphatic carbocycles. The van der Waals surface area contributed by atoms with Gasteiger partial charge in [-0.05, 0) is 53.1 Å². The van der Waals surface area contributed by atoms with E-state index in [-0.39, 0.29) is 18.4 Å². The summed E-state index contributed by atoms with van der Waals surface area (Å²) in [6.45, 7) is 2.37. The predicted octanol–water partition coefficient (Wildman–Crippen LogP) is 6.10. The van der Waals surface area contributed by atoms with Crippen molar-refractivity contribution in [3.05, 3.63) is 144 Å². The first-order chi connectivity index (χ1) is 23.4. The van der Waals surface area contributed by atoms with Gasteiger partial charge in [-0.25, -0.2) is 15.0 Å². The number of hydrogen-bond acceptors (Lipinski definition) is 8. The lowest BCUT2D eigenvalue weighted by Gasteiger charge is -2.37. The first-order valence-corrected chi connectivity index (χ1v) is 15.6. The molecule has 0 bridgehead atoms. The van der Waals surface area contributed by atoms with Crippen molar-refractivity contribution in [2.24, 2.45) is 5.92 Å². The summed E-state index contributed by atoms with van der Waals surface area (Å²) in [6, 6.07) is 34.4. The van der Waals surface area contributed by atoms with Gasteiger partial charge in [0.15, 0.2) is 17.0 Å². The zero-order valence-corrected chi connectivity index (χ0v) is 27.0. The lowest BCUT2D eigenvalue weighted by Crippen LogP contribution is -2.37.